The summed E-state index contributed by atoms with van der Waals surface area (Å²) in [6.07, 6.45) is 1.82. The van der Waals surface area contributed by atoms with Crippen LogP contribution in [0, 0.1) is 13.8 Å². The fraction of sp³-hybridized carbons (Fsp3) is 0.714. The third kappa shape index (κ3) is 3.48. The molecule has 0 aromatic carbocycles. The zero-order chi connectivity index (χ0) is 15.6. The first kappa shape index (κ1) is 16.5. The predicted octanol–water partition coefficient (Wildman–Crippen LogP) is 1.15. The summed E-state index contributed by atoms with van der Waals surface area (Å²) < 4.78 is 33.3. The van der Waals surface area contributed by atoms with E-state index in [1.807, 2.05) is 0 Å². The average Bonchev–Trinajstić information content (AvgIpc) is 2.73. The standard InChI is InChI=1S/C14H24N2O4S/c1-4-16-7-5-6-12(8-16)15-21(18,19)14-11(3)20-10(2)13(14)9-17/h12,15,17H,4-9H2,1-3H3. The predicted molar refractivity (Wildman–Crippen MR) is 79.6 cm³/mol. The van der Waals surface area contributed by atoms with Crippen molar-refractivity contribution in [2.45, 2.75) is 51.2 Å². The Morgan fingerprint density at radius 3 is 2.71 bits per heavy atom. The van der Waals surface area contributed by atoms with E-state index in [0.717, 1.165) is 32.5 Å². The number of aliphatic hydroxyl groups is 1. The summed E-state index contributed by atoms with van der Waals surface area (Å²) in [4.78, 5) is 2.33. The van der Waals surface area contributed by atoms with Gasteiger partial charge in [-0.3, -0.25) is 0 Å². The molecule has 0 bridgehead atoms. The Hall–Kier alpha value is -0.890. The summed E-state index contributed by atoms with van der Waals surface area (Å²) in [5.41, 5.74) is 0.350. The Morgan fingerprint density at radius 2 is 2.10 bits per heavy atom. The van der Waals surface area contributed by atoms with E-state index in [1.54, 1.807) is 13.8 Å². The Kier molecular flexibility index (Phi) is 5.08. The minimum Gasteiger partial charge on any atom is -0.465 e. The van der Waals surface area contributed by atoms with Crippen LogP contribution >= 0.6 is 0 Å². The van der Waals surface area contributed by atoms with Gasteiger partial charge in [-0.05, 0) is 39.8 Å². The number of hydrogen-bond acceptors (Lipinski definition) is 5. The van der Waals surface area contributed by atoms with Crippen LogP contribution in [0.3, 0.4) is 0 Å². The van der Waals surface area contributed by atoms with Gasteiger partial charge in [0, 0.05) is 18.2 Å². The van der Waals surface area contributed by atoms with Crippen LogP contribution in [0.1, 0.15) is 36.8 Å². The minimum absolute atomic E-state index is 0.0927. The molecule has 0 spiro atoms. The van der Waals surface area contributed by atoms with Gasteiger partial charge >= 0.3 is 0 Å². The molecule has 120 valence electrons. The van der Waals surface area contributed by atoms with Crippen LogP contribution < -0.4 is 4.72 Å². The van der Waals surface area contributed by atoms with Gasteiger partial charge in [0.05, 0.1) is 6.61 Å². The maximum Gasteiger partial charge on any atom is 0.244 e. The lowest BCUT2D eigenvalue weighted by Crippen LogP contribution is -2.47. The molecule has 1 aliphatic rings. The highest BCUT2D eigenvalue weighted by atomic mass is 32.2. The first-order valence-electron chi connectivity index (χ1n) is 7.33. The molecule has 0 saturated carbocycles. The number of hydrogen-bond donors (Lipinski definition) is 2. The SMILES string of the molecule is CCN1CCCC(NS(=O)(=O)c2c(C)oc(C)c2CO)C1. The average molecular weight is 316 g/mol. The molecule has 7 heteroatoms. The lowest BCUT2D eigenvalue weighted by atomic mass is 10.1. The third-order valence-corrected chi connectivity index (χ3v) is 5.74. The summed E-state index contributed by atoms with van der Waals surface area (Å²) in [7, 11) is -3.67. The molecule has 1 unspecified atom stereocenters. The maximum atomic E-state index is 12.6. The van der Waals surface area contributed by atoms with E-state index < -0.39 is 10.0 Å². The lowest BCUT2D eigenvalue weighted by Gasteiger charge is -2.32. The molecule has 1 aromatic rings. The topological polar surface area (TPSA) is 82.8 Å². The summed E-state index contributed by atoms with van der Waals surface area (Å²) in [6, 6.07) is -0.0927. The molecule has 0 aliphatic carbocycles. The van der Waals surface area contributed by atoms with E-state index in [2.05, 4.69) is 16.5 Å². The fourth-order valence-electron chi connectivity index (χ4n) is 2.96. The highest BCUT2D eigenvalue weighted by molar-refractivity contribution is 7.89. The minimum atomic E-state index is -3.67. The molecule has 1 aliphatic heterocycles. The summed E-state index contributed by atoms with van der Waals surface area (Å²) in [5.74, 6) is 0.779. The maximum absolute atomic E-state index is 12.6. The molecule has 1 fully saturated rings. The number of aryl methyl sites for hydroxylation is 2. The van der Waals surface area contributed by atoms with Crippen LogP contribution in [0.15, 0.2) is 9.31 Å². The van der Waals surface area contributed by atoms with Crippen molar-refractivity contribution in [2.24, 2.45) is 0 Å². The van der Waals surface area contributed by atoms with Crippen molar-refractivity contribution >= 4 is 10.0 Å². The molecule has 1 atom stereocenters. The van der Waals surface area contributed by atoms with Crippen LogP contribution in [0.5, 0.6) is 0 Å². The molecule has 2 heterocycles. The molecule has 1 aromatic heterocycles. The van der Waals surface area contributed by atoms with Gasteiger partial charge < -0.3 is 14.4 Å². The highest BCUT2D eigenvalue weighted by Gasteiger charge is 2.30. The monoisotopic (exact) mass is 316 g/mol. The fourth-order valence-corrected chi connectivity index (χ4v) is 4.66. The number of furan rings is 1. The number of likely N-dealkylation sites (N-methyl/N-ethyl adjacent to an activating group) is 1. The summed E-state index contributed by atoms with van der Waals surface area (Å²) in [6.45, 7) is 7.66. The van der Waals surface area contributed by atoms with Crippen LogP contribution in [0.25, 0.3) is 0 Å². The third-order valence-electron chi connectivity index (χ3n) is 4.03. The number of nitrogens with one attached hydrogen (secondary N) is 1. The van der Waals surface area contributed by atoms with Gasteiger partial charge in [-0.25, -0.2) is 13.1 Å². The normalized spacial score (nSPS) is 20.9. The number of piperidine rings is 1. The van der Waals surface area contributed by atoms with Gasteiger partial charge in [-0.1, -0.05) is 6.92 Å². The highest BCUT2D eigenvalue weighted by Crippen LogP contribution is 2.27. The lowest BCUT2D eigenvalue weighted by molar-refractivity contribution is 0.211. The number of sulfonamides is 1. The van der Waals surface area contributed by atoms with Gasteiger partial charge in [0.15, 0.2) is 0 Å². The summed E-state index contributed by atoms with van der Waals surface area (Å²) in [5, 5.41) is 9.40. The van der Waals surface area contributed by atoms with Gasteiger partial charge in [0.1, 0.15) is 16.4 Å². The molecule has 2 N–H and O–H groups in total. The van der Waals surface area contributed by atoms with Gasteiger partial charge in [0.2, 0.25) is 10.0 Å². The second-order valence-corrected chi connectivity index (χ2v) is 7.18. The molecule has 2 rings (SSSR count). The van der Waals surface area contributed by atoms with Crippen molar-refractivity contribution in [2.75, 3.05) is 19.6 Å². The molecule has 0 radical (unpaired) electrons. The Bertz CT molecular complexity index is 594. The second kappa shape index (κ2) is 6.48. The first-order valence-corrected chi connectivity index (χ1v) is 8.81. The van der Waals surface area contributed by atoms with Crippen molar-refractivity contribution in [3.8, 4) is 0 Å². The summed E-state index contributed by atoms with van der Waals surface area (Å²) >= 11 is 0. The number of nitrogens with zero attached hydrogens (tertiary/aromatic N) is 1. The van der Waals surface area contributed by atoms with Crippen molar-refractivity contribution in [1.82, 2.24) is 9.62 Å². The van der Waals surface area contributed by atoms with Crippen LogP contribution in [0.4, 0.5) is 0 Å². The Labute approximate surface area is 126 Å². The zero-order valence-electron chi connectivity index (χ0n) is 12.8. The molecular formula is C14H24N2O4S. The van der Waals surface area contributed by atoms with Crippen LogP contribution in [-0.2, 0) is 16.6 Å². The first-order chi connectivity index (χ1) is 9.89. The van der Waals surface area contributed by atoms with E-state index in [0.29, 0.717) is 17.1 Å². The largest absolute Gasteiger partial charge is 0.465 e. The van der Waals surface area contributed by atoms with Gasteiger partial charge in [-0.2, -0.15) is 0 Å². The van der Waals surface area contributed by atoms with Crippen molar-refractivity contribution in [3.63, 3.8) is 0 Å². The van der Waals surface area contributed by atoms with Crippen molar-refractivity contribution in [1.29, 1.82) is 0 Å². The zero-order valence-corrected chi connectivity index (χ0v) is 13.7. The van der Waals surface area contributed by atoms with Gasteiger partial charge in [-0.15, -0.1) is 0 Å². The molecule has 0 amide bonds. The molecule has 21 heavy (non-hydrogen) atoms. The Morgan fingerprint density at radius 1 is 1.38 bits per heavy atom. The van der Waals surface area contributed by atoms with E-state index in [4.69, 9.17) is 4.42 Å². The van der Waals surface area contributed by atoms with Crippen molar-refractivity contribution in [3.05, 3.63) is 17.1 Å². The van der Waals surface area contributed by atoms with E-state index in [9.17, 15) is 13.5 Å². The Balaban J connectivity index is 2.23. The second-order valence-electron chi connectivity index (χ2n) is 5.53. The number of likely N-dealkylation sites (tertiary alicyclic amines) is 1. The van der Waals surface area contributed by atoms with Crippen molar-refractivity contribution < 1.29 is 17.9 Å². The number of aliphatic hydroxyl groups excluding tert-OH is 1. The van der Waals surface area contributed by atoms with Crippen LogP contribution in [-0.4, -0.2) is 44.1 Å². The van der Waals surface area contributed by atoms with E-state index in [-0.39, 0.29) is 17.5 Å². The van der Waals surface area contributed by atoms with E-state index in [1.165, 1.54) is 0 Å². The van der Waals surface area contributed by atoms with Gasteiger partial charge in [0.25, 0.3) is 0 Å². The van der Waals surface area contributed by atoms with E-state index >= 15 is 0 Å². The molecule has 6 nitrogen and oxygen atoms in total. The molecule has 1 saturated heterocycles. The quantitative estimate of drug-likeness (QED) is 0.851. The number of rotatable bonds is 5. The van der Waals surface area contributed by atoms with Crippen LogP contribution in [0.2, 0.25) is 0 Å². The molecular weight excluding hydrogens is 292 g/mol. The smallest absolute Gasteiger partial charge is 0.244 e.